The zero-order valence-corrected chi connectivity index (χ0v) is 11.6. The first-order chi connectivity index (χ1) is 8.95. The van der Waals surface area contributed by atoms with Gasteiger partial charge in [0.2, 0.25) is 0 Å². The van der Waals surface area contributed by atoms with Gasteiger partial charge in [-0.1, -0.05) is 0 Å². The number of aromatic nitrogens is 1. The van der Waals surface area contributed by atoms with E-state index in [1.54, 1.807) is 0 Å². The lowest BCUT2D eigenvalue weighted by Crippen LogP contribution is -2.22. The summed E-state index contributed by atoms with van der Waals surface area (Å²) < 4.78 is 81.1. The van der Waals surface area contributed by atoms with Crippen molar-refractivity contribution in [2.75, 3.05) is 7.11 Å². The zero-order chi connectivity index (χ0) is 15.7. The summed E-state index contributed by atoms with van der Waals surface area (Å²) in [6.45, 7) is 0. The summed E-state index contributed by atoms with van der Waals surface area (Å²) in [4.78, 5) is 14.1. The summed E-state index contributed by atoms with van der Waals surface area (Å²) in [7, 11) is 0.786. The lowest BCUT2D eigenvalue weighted by Gasteiger charge is -2.15. The van der Waals surface area contributed by atoms with Crippen molar-refractivity contribution in [3.8, 4) is 5.75 Å². The predicted molar refractivity (Wildman–Crippen MR) is 60.0 cm³/mol. The molecule has 0 N–H and O–H groups in total. The highest BCUT2D eigenvalue weighted by molar-refractivity contribution is 14.1. The lowest BCUT2D eigenvalue weighted by atomic mass is 10.2. The van der Waals surface area contributed by atoms with E-state index < -0.39 is 39.2 Å². The number of esters is 1. The fourth-order valence-corrected chi connectivity index (χ4v) is 1.76. The Morgan fingerprint density at radius 2 is 1.80 bits per heavy atom. The molecule has 112 valence electrons. The van der Waals surface area contributed by atoms with Crippen LogP contribution >= 0.6 is 22.6 Å². The number of methoxy groups -OCH3 is 1. The fraction of sp³-hybridized carbons (Fsp3) is 0.333. The van der Waals surface area contributed by atoms with Crippen LogP contribution in [0, 0.1) is 3.57 Å². The van der Waals surface area contributed by atoms with Gasteiger partial charge in [-0.3, -0.25) is 0 Å². The number of carbonyl (C=O) groups excluding carboxylic acids is 1. The topological polar surface area (TPSA) is 48.4 Å². The van der Waals surface area contributed by atoms with Gasteiger partial charge in [-0.05, 0) is 28.7 Å². The molecule has 1 heterocycles. The van der Waals surface area contributed by atoms with Gasteiger partial charge in [0.1, 0.15) is 5.69 Å². The van der Waals surface area contributed by atoms with E-state index in [0.29, 0.717) is 6.07 Å². The van der Waals surface area contributed by atoms with Crippen LogP contribution in [0.5, 0.6) is 5.75 Å². The van der Waals surface area contributed by atoms with Crippen molar-refractivity contribution >= 4 is 28.6 Å². The largest absolute Gasteiger partial charge is 0.573 e. The second-order valence-corrected chi connectivity index (χ2v) is 4.37. The van der Waals surface area contributed by atoms with Gasteiger partial charge in [0.15, 0.2) is 11.4 Å². The van der Waals surface area contributed by atoms with Crippen molar-refractivity contribution in [3.63, 3.8) is 0 Å². The first kappa shape index (κ1) is 16.8. The monoisotopic (exact) mass is 415 g/mol. The van der Waals surface area contributed by atoms with Gasteiger partial charge in [0.25, 0.3) is 0 Å². The van der Waals surface area contributed by atoms with Crippen molar-refractivity contribution in [1.82, 2.24) is 4.98 Å². The number of carbonyl (C=O) groups is 1. The highest BCUT2D eigenvalue weighted by Gasteiger charge is 2.39. The number of hydrogen-bond donors (Lipinski definition) is 0. The number of halogens is 7. The van der Waals surface area contributed by atoms with Crippen molar-refractivity contribution in [2.24, 2.45) is 0 Å². The van der Waals surface area contributed by atoms with Gasteiger partial charge in [0, 0.05) is 0 Å². The number of nitrogens with zero attached hydrogens (tertiary/aromatic N) is 1. The number of pyridine rings is 1. The van der Waals surface area contributed by atoms with Crippen molar-refractivity contribution in [2.45, 2.75) is 12.5 Å². The molecule has 0 aromatic carbocycles. The van der Waals surface area contributed by atoms with E-state index in [-0.39, 0.29) is 0 Å². The molecular weight excluding hydrogens is 411 g/mol. The second-order valence-electron chi connectivity index (χ2n) is 3.20. The van der Waals surface area contributed by atoms with E-state index in [4.69, 9.17) is 0 Å². The number of rotatable bonds is 2. The molecule has 0 amide bonds. The minimum absolute atomic E-state index is 0.327. The average molecular weight is 415 g/mol. The minimum Gasteiger partial charge on any atom is -0.464 e. The third-order valence-corrected chi connectivity index (χ3v) is 2.62. The Balaban J connectivity index is 3.47. The molecule has 0 saturated heterocycles. The molecule has 0 saturated carbocycles. The van der Waals surface area contributed by atoms with Gasteiger partial charge in [-0.25, -0.2) is 9.78 Å². The summed E-state index contributed by atoms with van der Waals surface area (Å²) in [5, 5.41) is 0. The maximum absolute atomic E-state index is 12.5. The second kappa shape index (κ2) is 5.61. The summed E-state index contributed by atoms with van der Waals surface area (Å²) in [5.41, 5.74) is -2.74. The molecule has 0 unspecified atom stereocenters. The highest BCUT2D eigenvalue weighted by atomic mass is 127. The number of hydrogen-bond acceptors (Lipinski definition) is 4. The van der Waals surface area contributed by atoms with Crippen LogP contribution in [0.1, 0.15) is 16.2 Å². The molecule has 0 bridgehead atoms. The number of alkyl halides is 6. The molecule has 0 atom stereocenters. The van der Waals surface area contributed by atoms with Crippen LogP contribution in [0.2, 0.25) is 0 Å². The minimum atomic E-state index is -5.19. The molecule has 0 fully saturated rings. The summed E-state index contributed by atoms with van der Waals surface area (Å²) in [6.07, 6.45) is -10.1. The standard InChI is InChI=1S/C9H4F6INO3/c1-19-7(18)5-6(20-9(13,14)15)3(16)2-4(17-5)8(10,11)12/h2H,1H3. The average Bonchev–Trinajstić information content (AvgIpc) is 2.27. The van der Waals surface area contributed by atoms with Crippen LogP contribution in [0.4, 0.5) is 26.3 Å². The summed E-state index contributed by atoms with van der Waals surface area (Å²) in [6, 6.07) is 0.327. The normalized spacial score (nSPS) is 12.2. The molecule has 0 aliphatic rings. The Morgan fingerprint density at radius 1 is 1.25 bits per heavy atom. The molecule has 1 aromatic rings. The Labute approximate surface area is 121 Å². The predicted octanol–water partition coefficient (Wildman–Crippen LogP) is 3.39. The van der Waals surface area contributed by atoms with E-state index in [1.165, 1.54) is 22.6 Å². The third kappa shape index (κ3) is 4.11. The van der Waals surface area contributed by atoms with Crippen molar-refractivity contribution < 1.29 is 40.6 Å². The Hall–Kier alpha value is -1.27. The van der Waals surface area contributed by atoms with Gasteiger partial charge < -0.3 is 9.47 Å². The smallest absolute Gasteiger partial charge is 0.464 e. The molecule has 1 aromatic heterocycles. The van der Waals surface area contributed by atoms with Gasteiger partial charge in [-0.2, -0.15) is 13.2 Å². The lowest BCUT2D eigenvalue weighted by molar-refractivity contribution is -0.275. The zero-order valence-electron chi connectivity index (χ0n) is 9.40. The van der Waals surface area contributed by atoms with Crippen LogP contribution in [-0.2, 0) is 10.9 Å². The van der Waals surface area contributed by atoms with E-state index >= 15 is 0 Å². The molecule has 20 heavy (non-hydrogen) atoms. The maximum Gasteiger partial charge on any atom is 0.573 e. The van der Waals surface area contributed by atoms with Crippen LogP contribution in [0.25, 0.3) is 0 Å². The van der Waals surface area contributed by atoms with Crippen LogP contribution in [0.15, 0.2) is 6.07 Å². The SMILES string of the molecule is COC(=O)c1nc(C(F)(F)F)cc(I)c1OC(F)(F)F. The van der Waals surface area contributed by atoms with Gasteiger partial charge in [0.05, 0.1) is 10.7 Å². The highest BCUT2D eigenvalue weighted by Crippen LogP contribution is 2.36. The summed E-state index contributed by atoms with van der Waals surface area (Å²) in [5.74, 6) is -2.62. The van der Waals surface area contributed by atoms with Gasteiger partial charge in [-0.15, -0.1) is 13.2 Å². The fourth-order valence-electron chi connectivity index (χ4n) is 1.10. The molecule has 0 aliphatic heterocycles. The first-order valence-electron chi connectivity index (χ1n) is 4.57. The van der Waals surface area contributed by atoms with E-state index in [9.17, 15) is 31.1 Å². The molecule has 0 aliphatic carbocycles. The maximum atomic E-state index is 12.5. The summed E-state index contributed by atoms with van der Waals surface area (Å²) >= 11 is 1.17. The third-order valence-electron chi connectivity index (χ3n) is 1.81. The van der Waals surface area contributed by atoms with Crippen LogP contribution in [-0.4, -0.2) is 24.4 Å². The molecule has 1 rings (SSSR count). The molecule has 0 spiro atoms. The van der Waals surface area contributed by atoms with E-state index in [0.717, 1.165) is 7.11 Å². The molecule has 11 heteroatoms. The quantitative estimate of drug-likeness (QED) is 0.423. The number of ether oxygens (including phenoxy) is 2. The molecule has 4 nitrogen and oxygen atoms in total. The van der Waals surface area contributed by atoms with Crippen LogP contribution < -0.4 is 4.74 Å². The van der Waals surface area contributed by atoms with Crippen molar-refractivity contribution in [1.29, 1.82) is 0 Å². The van der Waals surface area contributed by atoms with Crippen molar-refractivity contribution in [3.05, 3.63) is 21.0 Å². The first-order valence-corrected chi connectivity index (χ1v) is 5.65. The Bertz CT molecular complexity index is 528. The Morgan fingerprint density at radius 3 is 2.20 bits per heavy atom. The van der Waals surface area contributed by atoms with Gasteiger partial charge >= 0.3 is 18.5 Å². The van der Waals surface area contributed by atoms with Crippen LogP contribution in [0.3, 0.4) is 0 Å². The van der Waals surface area contributed by atoms with E-state index in [2.05, 4.69) is 14.5 Å². The molecule has 0 radical (unpaired) electrons. The van der Waals surface area contributed by atoms with E-state index in [1.807, 2.05) is 0 Å². The Kier molecular flexibility index (Phi) is 4.71. The molecular formula is C9H4F6INO3.